The maximum absolute atomic E-state index is 12.4. The third-order valence-electron chi connectivity index (χ3n) is 4.18. The number of hydrogen-bond donors (Lipinski definition) is 1. The van der Waals surface area contributed by atoms with Gasteiger partial charge in [0.2, 0.25) is 5.91 Å². The second kappa shape index (κ2) is 7.12. The minimum Gasteiger partial charge on any atom is -0.478 e. The SMILES string of the molecule is O=C(O)c1ccc(/C=C/C(=O)N2CCCC(n3cccn3)C2)cc1. The molecule has 1 amide bonds. The molecule has 6 nitrogen and oxygen atoms in total. The van der Waals surface area contributed by atoms with Crippen molar-refractivity contribution in [2.24, 2.45) is 0 Å². The van der Waals surface area contributed by atoms with Gasteiger partial charge in [-0.2, -0.15) is 5.10 Å². The Balaban J connectivity index is 1.62. The molecular weight excluding hydrogens is 306 g/mol. The summed E-state index contributed by atoms with van der Waals surface area (Å²) in [5.74, 6) is -0.992. The summed E-state index contributed by atoms with van der Waals surface area (Å²) in [4.78, 5) is 25.0. The number of amides is 1. The van der Waals surface area contributed by atoms with Crippen LogP contribution in [0.1, 0.15) is 34.8 Å². The molecule has 6 heteroatoms. The van der Waals surface area contributed by atoms with Crippen molar-refractivity contribution in [1.29, 1.82) is 0 Å². The van der Waals surface area contributed by atoms with Crippen LogP contribution in [0.25, 0.3) is 6.08 Å². The lowest BCUT2D eigenvalue weighted by atomic mass is 10.1. The fourth-order valence-corrected chi connectivity index (χ4v) is 2.88. The van der Waals surface area contributed by atoms with E-state index in [1.54, 1.807) is 30.5 Å². The molecule has 0 bridgehead atoms. The molecule has 2 heterocycles. The molecule has 1 atom stereocenters. The van der Waals surface area contributed by atoms with Crippen LogP contribution < -0.4 is 0 Å². The lowest BCUT2D eigenvalue weighted by Gasteiger charge is -2.32. The molecule has 1 saturated heterocycles. The van der Waals surface area contributed by atoms with Crippen LogP contribution in [0.4, 0.5) is 0 Å². The summed E-state index contributed by atoms with van der Waals surface area (Å²) in [6.45, 7) is 1.40. The van der Waals surface area contributed by atoms with Gasteiger partial charge in [0.1, 0.15) is 0 Å². The van der Waals surface area contributed by atoms with Crippen LogP contribution in [0.5, 0.6) is 0 Å². The first-order valence-electron chi connectivity index (χ1n) is 7.93. The second-order valence-electron chi connectivity index (χ2n) is 5.83. The molecular formula is C18H19N3O3. The maximum Gasteiger partial charge on any atom is 0.335 e. The lowest BCUT2D eigenvalue weighted by Crippen LogP contribution is -2.40. The number of piperidine rings is 1. The average molecular weight is 325 g/mol. The number of aromatic carboxylic acids is 1. The zero-order chi connectivity index (χ0) is 16.9. The van der Waals surface area contributed by atoms with Gasteiger partial charge in [0, 0.05) is 31.6 Å². The third kappa shape index (κ3) is 3.71. The van der Waals surface area contributed by atoms with Crippen molar-refractivity contribution in [1.82, 2.24) is 14.7 Å². The highest BCUT2D eigenvalue weighted by atomic mass is 16.4. The van der Waals surface area contributed by atoms with Gasteiger partial charge in [0.05, 0.1) is 11.6 Å². The summed E-state index contributed by atoms with van der Waals surface area (Å²) in [5.41, 5.74) is 1.03. The molecule has 3 rings (SSSR count). The predicted octanol–water partition coefficient (Wildman–Crippen LogP) is 2.46. The Labute approximate surface area is 140 Å². The first-order valence-corrected chi connectivity index (χ1v) is 7.93. The number of nitrogens with zero attached hydrogens (tertiary/aromatic N) is 3. The highest BCUT2D eigenvalue weighted by Crippen LogP contribution is 2.21. The van der Waals surface area contributed by atoms with E-state index >= 15 is 0 Å². The van der Waals surface area contributed by atoms with Gasteiger partial charge in [0.15, 0.2) is 0 Å². The van der Waals surface area contributed by atoms with E-state index in [0.29, 0.717) is 6.54 Å². The highest BCUT2D eigenvalue weighted by molar-refractivity contribution is 5.92. The van der Waals surface area contributed by atoms with E-state index in [0.717, 1.165) is 24.9 Å². The van der Waals surface area contributed by atoms with E-state index in [2.05, 4.69) is 5.10 Å². The highest BCUT2D eigenvalue weighted by Gasteiger charge is 2.23. The summed E-state index contributed by atoms with van der Waals surface area (Å²) in [6, 6.07) is 8.55. The Kier molecular flexibility index (Phi) is 4.74. The molecule has 1 aromatic heterocycles. The van der Waals surface area contributed by atoms with Gasteiger partial charge in [-0.15, -0.1) is 0 Å². The Morgan fingerprint density at radius 3 is 2.71 bits per heavy atom. The van der Waals surface area contributed by atoms with Crippen molar-refractivity contribution >= 4 is 18.0 Å². The van der Waals surface area contributed by atoms with Gasteiger partial charge in [0.25, 0.3) is 0 Å². The Bertz CT molecular complexity index is 735. The number of rotatable bonds is 4. The van der Waals surface area contributed by atoms with Crippen LogP contribution in [-0.4, -0.2) is 44.8 Å². The van der Waals surface area contributed by atoms with E-state index < -0.39 is 5.97 Å². The zero-order valence-corrected chi connectivity index (χ0v) is 13.2. The number of carboxylic acids is 1. The summed E-state index contributed by atoms with van der Waals surface area (Å²) in [7, 11) is 0. The first-order chi connectivity index (χ1) is 11.6. The van der Waals surface area contributed by atoms with Crippen LogP contribution in [0.2, 0.25) is 0 Å². The molecule has 2 aromatic rings. The number of aromatic nitrogens is 2. The van der Waals surface area contributed by atoms with Crippen molar-refractivity contribution in [3.63, 3.8) is 0 Å². The van der Waals surface area contributed by atoms with E-state index in [1.165, 1.54) is 12.1 Å². The summed E-state index contributed by atoms with van der Waals surface area (Å²) < 4.78 is 1.91. The van der Waals surface area contributed by atoms with Crippen molar-refractivity contribution in [2.75, 3.05) is 13.1 Å². The monoisotopic (exact) mass is 325 g/mol. The number of likely N-dealkylation sites (tertiary alicyclic amines) is 1. The third-order valence-corrected chi connectivity index (χ3v) is 4.18. The molecule has 1 unspecified atom stereocenters. The van der Waals surface area contributed by atoms with Gasteiger partial charge < -0.3 is 10.0 Å². The minimum atomic E-state index is -0.959. The summed E-state index contributed by atoms with van der Waals surface area (Å²) in [6.07, 6.45) is 8.91. The van der Waals surface area contributed by atoms with Gasteiger partial charge in [-0.05, 0) is 42.7 Å². The fraction of sp³-hybridized carbons (Fsp3) is 0.278. The molecule has 1 aliphatic heterocycles. The Morgan fingerprint density at radius 2 is 2.04 bits per heavy atom. The van der Waals surface area contributed by atoms with Crippen LogP contribution in [0.15, 0.2) is 48.8 Å². The molecule has 0 aliphatic carbocycles. The number of carbonyl (C=O) groups is 2. The second-order valence-corrected chi connectivity index (χ2v) is 5.83. The first kappa shape index (κ1) is 16.0. The normalized spacial score (nSPS) is 18.0. The van der Waals surface area contributed by atoms with Gasteiger partial charge in [-0.1, -0.05) is 12.1 Å². The van der Waals surface area contributed by atoms with Gasteiger partial charge in [-0.25, -0.2) is 4.79 Å². The summed E-state index contributed by atoms with van der Waals surface area (Å²) >= 11 is 0. The topological polar surface area (TPSA) is 75.4 Å². The van der Waals surface area contributed by atoms with Crippen LogP contribution in [0.3, 0.4) is 0 Å². The molecule has 1 N–H and O–H groups in total. The van der Waals surface area contributed by atoms with E-state index in [4.69, 9.17) is 5.11 Å². The van der Waals surface area contributed by atoms with E-state index in [-0.39, 0.29) is 17.5 Å². The van der Waals surface area contributed by atoms with Crippen molar-refractivity contribution in [3.8, 4) is 0 Å². The fourth-order valence-electron chi connectivity index (χ4n) is 2.88. The Hall–Kier alpha value is -2.89. The number of carbonyl (C=O) groups excluding carboxylic acids is 1. The van der Waals surface area contributed by atoms with E-state index in [1.807, 2.05) is 21.8 Å². The van der Waals surface area contributed by atoms with Crippen LogP contribution >= 0.6 is 0 Å². The predicted molar refractivity (Wildman–Crippen MR) is 89.5 cm³/mol. The van der Waals surface area contributed by atoms with Crippen molar-refractivity contribution in [3.05, 3.63) is 59.9 Å². The zero-order valence-electron chi connectivity index (χ0n) is 13.2. The van der Waals surface area contributed by atoms with Gasteiger partial charge in [-0.3, -0.25) is 9.48 Å². The molecule has 1 fully saturated rings. The molecule has 24 heavy (non-hydrogen) atoms. The largest absolute Gasteiger partial charge is 0.478 e. The van der Waals surface area contributed by atoms with E-state index in [9.17, 15) is 9.59 Å². The smallest absolute Gasteiger partial charge is 0.335 e. The standard InChI is InChI=1S/C18H19N3O3/c22-17(9-6-14-4-7-15(8-5-14)18(23)24)20-11-1-3-16(13-20)21-12-2-10-19-21/h2,4-10,12,16H,1,3,11,13H2,(H,23,24)/b9-6+. The van der Waals surface area contributed by atoms with Crippen molar-refractivity contribution in [2.45, 2.75) is 18.9 Å². The van der Waals surface area contributed by atoms with Crippen molar-refractivity contribution < 1.29 is 14.7 Å². The minimum absolute atomic E-state index is 0.0332. The molecule has 1 aliphatic rings. The molecule has 0 spiro atoms. The molecule has 124 valence electrons. The summed E-state index contributed by atoms with van der Waals surface area (Å²) in [5, 5.41) is 13.1. The van der Waals surface area contributed by atoms with Crippen LogP contribution in [-0.2, 0) is 4.79 Å². The molecule has 0 radical (unpaired) electrons. The number of benzene rings is 1. The number of carboxylic acid groups (broad SMARTS) is 1. The molecule has 0 saturated carbocycles. The lowest BCUT2D eigenvalue weighted by molar-refractivity contribution is -0.127. The van der Waals surface area contributed by atoms with Crippen LogP contribution in [0, 0.1) is 0 Å². The Morgan fingerprint density at radius 1 is 1.25 bits per heavy atom. The average Bonchev–Trinajstić information content (AvgIpc) is 3.15. The van der Waals surface area contributed by atoms with Gasteiger partial charge >= 0.3 is 5.97 Å². The maximum atomic E-state index is 12.4. The number of hydrogen-bond acceptors (Lipinski definition) is 3. The quantitative estimate of drug-likeness (QED) is 0.876. The molecule has 1 aromatic carbocycles.